The minimum absolute atomic E-state index is 0.191. The van der Waals surface area contributed by atoms with Gasteiger partial charge in [0.15, 0.2) is 0 Å². The molecule has 0 bridgehead atoms. The van der Waals surface area contributed by atoms with E-state index in [1.54, 1.807) is 10.9 Å². The van der Waals surface area contributed by atoms with Crippen LogP contribution in [-0.2, 0) is 4.79 Å². The highest BCUT2D eigenvalue weighted by Gasteiger charge is 2.34. The Labute approximate surface area is 157 Å². The number of anilines is 2. The molecule has 0 spiro atoms. The van der Waals surface area contributed by atoms with E-state index < -0.39 is 6.04 Å². The lowest BCUT2D eigenvalue weighted by Crippen LogP contribution is -2.32. The second-order valence-corrected chi connectivity index (χ2v) is 6.62. The monoisotopic (exact) mass is 360 g/mol. The second kappa shape index (κ2) is 6.68. The number of aryl methyl sites for hydroxylation is 2. The molecule has 0 unspecified atom stereocenters. The number of nitrogens with one attached hydrogen (secondary N) is 2. The number of nitrogens with zero attached hydrogens (tertiary/aromatic N) is 4. The largest absolute Gasteiger partial charge is 0.328 e. The topological polar surface area (TPSA) is 84.7 Å². The molecule has 1 atom stereocenters. The lowest BCUT2D eigenvalue weighted by Gasteiger charge is -2.28. The molecule has 0 radical (unpaired) electrons. The number of rotatable bonds is 3. The first-order valence-corrected chi connectivity index (χ1v) is 8.71. The van der Waals surface area contributed by atoms with Crippen molar-refractivity contribution in [2.24, 2.45) is 0 Å². The van der Waals surface area contributed by atoms with E-state index in [4.69, 9.17) is 0 Å². The van der Waals surface area contributed by atoms with Gasteiger partial charge in [-0.05, 0) is 44.5 Å². The van der Waals surface area contributed by atoms with Gasteiger partial charge in [-0.2, -0.15) is 10.1 Å². The van der Waals surface area contributed by atoms with Gasteiger partial charge >= 0.3 is 0 Å². The summed E-state index contributed by atoms with van der Waals surface area (Å²) in [5.74, 6) is 0.398. The summed E-state index contributed by atoms with van der Waals surface area (Å²) in [6.45, 7) is 5.87. The molecule has 3 aromatic rings. The average molecular weight is 360 g/mol. The molecule has 1 aliphatic heterocycles. The van der Waals surface area contributed by atoms with Crippen LogP contribution >= 0.6 is 0 Å². The van der Waals surface area contributed by atoms with E-state index in [1.165, 1.54) is 6.33 Å². The predicted octanol–water partition coefficient (Wildman–Crippen LogP) is 3.22. The SMILES string of the molecule is CC1=C(C(=O)Nc2ccc(C)cc2C)[C@H](c2ccccn2)n2ncnc2N1. The molecule has 136 valence electrons. The summed E-state index contributed by atoms with van der Waals surface area (Å²) in [6.07, 6.45) is 3.18. The van der Waals surface area contributed by atoms with Crippen molar-refractivity contribution in [3.8, 4) is 0 Å². The minimum atomic E-state index is -0.448. The number of hydrogen-bond donors (Lipinski definition) is 2. The molecule has 0 aliphatic carbocycles. The average Bonchev–Trinajstić information content (AvgIpc) is 3.11. The molecule has 1 amide bonds. The van der Waals surface area contributed by atoms with E-state index in [2.05, 4.69) is 25.7 Å². The van der Waals surface area contributed by atoms with Crippen molar-refractivity contribution in [1.29, 1.82) is 0 Å². The third-order valence-electron chi connectivity index (χ3n) is 4.64. The Morgan fingerprint density at radius 2 is 2.00 bits per heavy atom. The van der Waals surface area contributed by atoms with Crippen LogP contribution in [-0.4, -0.2) is 25.7 Å². The van der Waals surface area contributed by atoms with Crippen LogP contribution in [0.5, 0.6) is 0 Å². The fourth-order valence-corrected chi connectivity index (χ4v) is 3.34. The van der Waals surface area contributed by atoms with Gasteiger partial charge in [0.05, 0.1) is 11.3 Å². The summed E-state index contributed by atoms with van der Waals surface area (Å²) in [6, 6.07) is 11.1. The maximum atomic E-state index is 13.2. The third-order valence-corrected chi connectivity index (χ3v) is 4.64. The highest BCUT2D eigenvalue weighted by atomic mass is 16.1. The van der Waals surface area contributed by atoms with Gasteiger partial charge in [0.2, 0.25) is 5.95 Å². The van der Waals surface area contributed by atoms with Gasteiger partial charge in [0, 0.05) is 17.6 Å². The van der Waals surface area contributed by atoms with E-state index >= 15 is 0 Å². The van der Waals surface area contributed by atoms with Crippen LogP contribution in [0.1, 0.15) is 29.8 Å². The number of allylic oxidation sites excluding steroid dienone is 1. The molecular formula is C20H20N6O. The Kier molecular flexibility index (Phi) is 4.19. The van der Waals surface area contributed by atoms with Crippen molar-refractivity contribution >= 4 is 17.5 Å². The molecule has 2 aromatic heterocycles. The van der Waals surface area contributed by atoms with Gasteiger partial charge in [-0.25, -0.2) is 4.68 Å². The minimum Gasteiger partial charge on any atom is -0.328 e. The van der Waals surface area contributed by atoms with E-state index in [9.17, 15) is 4.79 Å². The first-order chi connectivity index (χ1) is 13.0. The first-order valence-electron chi connectivity index (χ1n) is 8.71. The molecule has 2 N–H and O–H groups in total. The number of pyridine rings is 1. The fraction of sp³-hybridized carbons (Fsp3) is 0.200. The molecule has 4 rings (SSSR count). The van der Waals surface area contributed by atoms with Crippen LogP contribution in [0, 0.1) is 13.8 Å². The summed E-state index contributed by atoms with van der Waals surface area (Å²) < 4.78 is 1.69. The van der Waals surface area contributed by atoms with E-state index in [-0.39, 0.29) is 5.91 Å². The van der Waals surface area contributed by atoms with Crippen molar-refractivity contribution < 1.29 is 4.79 Å². The number of carbonyl (C=O) groups is 1. The molecule has 1 aliphatic rings. The van der Waals surface area contributed by atoms with Gasteiger partial charge < -0.3 is 10.6 Å². The Bertz CT molecular complexity index is 1040. The van der Waals surface area contributed by atoms with Crippen LogP contribution in [0.3, 0.4) is 0 Å². The summed E-state index contributed by atoms with van der Waals surface area (Å²) in [4.78, 5) is 21.9. The molecule has 0 saturated heterocycles. The van der Waals surface area contributed by atoms with Gasteiger partial charge in [-0.3, -0.25) is 9.78 Å². The van der Waals surface area contributed by atoms with Gasteiger partial charge in [0.1, 0.15) is 12.4 Å². The van der Waals surface area contributed by atoms with E-state index in [0.717, 1.165) is 28.2 Å². The molecule has 7 nitrogen and oxygen atoms in total. The molecule has 0 fully saturated rings. The molecule has 1 aromatic carbocycles. The third kappa shape index (κ3) is 3.08. The highest BCUT2D eigenvalue weighted by molar-refractivity contribution is 6.06. The van der Waals surface area contributed by atoms with Gasteiger partial charge in [-0.15, -0.1) is 0 Å². The number of hydrogen-bond acceptors (Lipinski definition) is 5. The molecular weight excluding hydrogens is 340 g/mol. The van der Waals surface area contributed by atoms with E-state index in [1.807, 2.05) is 57.2 Å². The first kappa shape index (κ1) is 17.0. The number of carbonyl (C=O) groups excluding carboxylic acids is 1. The summed E-state index contributed by atoms with van der Waals surface area (Å²) in [5, 5.41) is 10.5. The standard InChI is InChI=1S/C20H20N6O/c1-12-7-8-15(13(2)10-12)25-19(27)17-14(3)24-20-22-11-23-26(20)18(17)16-6-4-5-9-21-16/h4-11,18H,1-3H3,(H,25,27)(H,22,23,24)/t18-/m0/s1. The normalized spacial score (nSPS) is 15.9. The van der Waals surface area contributed by atoms with Crippen LogP contribution < -0.4 is 10.6 Å². The van der Waals surface area contributed by atoms with Crippen molar-refractivity contribution in [1.82, 2.24) is 19.7 Å². The predicted molar refractivity (Wildman–Crippen MR) is 103 cm³/mol. The molecule has 7 heteroatoms. The maximum absolute atomic E-state index is 13.2. The van der Waals surface area contributed by atoms with Gasteiger partial charge in [-0.1, -0.05) is 23.8 Å². The van der Waals surface area contributed by atoms with Crippen molar-refractivity contribution in [2.45, 2.75) is 26.8 Å². The van der Waals surface area contributed by atoms with Crippen molar-refractivity contribution in [3.05, 3.63) is 77.0 Å². The number of fused-ring (bicyclic) bond motifs is 1. The Balaban J connectivity index is 1.75. The zero-order valence-corrected chi connectivity index (χ0v) is 15.4. The molecule has 0 saturated carbocycles. The highest BCUT2D eigenvalue weighted by Crippen LogP contribution is 2.34. The van der Waals surface area contributed by atoms with Crippen molar-refractivity contribution in [3.63, 3.8) is 0 Å². The quantitative estimate of drug-likeness (QED) is 0.749. The summed E-state index contributed by atoms with van der Waals surface area (Å²) >= 11 is 0. The lowest BCUT2D eigenvalue weighted by atomic mass is 9.98. The smallest absolute Gasteiger partial charge is 0.255 e. The maximum Gasteiger partial charge on any atom is 0.255 e. The van der Waals surface area contributed by atoms with Crippen LogP contribution in [0.2, 0.25) is 0 Å². The Morgan fingerprint density at radius 1 is 1.15 bits per heavy atom. The number of benzene rings is 1. The van der Waals surface area contributed by atoms with Crippen molar-refractivity contribution in [2.75, 3.05) is 10.6 Å². The summed E-state index contributed by atoms with van der Waals surface area (Å²) in [7, 11) is 0. The number of aromatic nitrogens is 4. The van der Waals surface area contributed by atoms with Gasteiger partial charge in [0.25, 0.3) is 5.91 Å². The Hall–Kier alpha value is -3.48. The molecule has 27 heavy (non-hydrogen) atoms. The second-order valence-electron chi connectivity index (χ2n) is 6.62. The van der Waals surface area contributed by atoms with Crippen LogP contribution in [0.4, 0.5) is 11.6 Å². The lowest BCUT2D eigenvalue weighted by molar-refractivity contribution is -0.113. The Morgan fingerprint density at radius 3 is 2.74 bits per heavy atom. The fourth-order valence-electron chi connectivity index (χ4n) is 3.34. The van der Waals surface area contributed by atoms with Crippen LogP contribution in [0.15, 0.2) is 60.2 Å². The van der Waals surface area contributed by atoms with Crippen LogP contribution in [0.25, 0.3) is 0 Å². The summed E-state index contributed by atoms with van der Waals surface area (Å²) in [5.41, 5.74) is 4.98. The number of amides is 1. The molecule has 3 heterocycles. The zero-order chi connectivity index (χ0) is 19.0. The zero-order valence-electron chi connectivity index (χ0n) is 15.4. The van der Waals surface area contributed by atoms with E-state index in [0.29, 0.717) is 11.5 Å².